The van der Waals surface area contributed by atoms with Gasteiger partial charge in [-0.05, 0) is 50.0 Å². The summed E-state index contributed by atoms with van der Waals surface area (Å²) >= 11 is 0. The van der Waals surface area contributed by atoms with E-state index in [0.717, 1.165) is 13.1 Å². The number of carbonyl (C=O) groups is 1. The summed E-state index contributed by atoms with van der Waals surface area (Å²) in [4.78, 5) is 17.4. The predicted molar refractivity (Wildman–Crippen MR) is 115 cm³/mol. The van der Waals surface area contributed by atoms with E-state index < -0.39 is 5.82 Å². The van der Waals surface area contributed by atoms with Gasteiger partial charge in [0.05, 0.1) is 7.11 Å². The van der Waals surface area contributed by atoms with E-state index in [2.05, 4.69) is 29.2 Å². The minimum atomic E-state index is -0.481. The number of carbonyl (C=O) groups excluding carboxylic acids is 1. The van der Waals surface area contributed by atoms with Gasteiger partial charge in [0.15, 0.2) is 23.1 Å². The third kappa shape index (κ3) is 4.59. The van der Waals surface area contributed by atoms with E-state index in [4.69, 9.17) is 9.26 Å². The highest BCUT2D eigenvalue weighted by Crippen LogP contribution is 2.33. The number of methoxy groups -OCH3 is 1. The molecular formula is C22H31FN4O3. The quantitative estimate of drug-likeness (QED) is 0.709. The van der Waals surface area contributed by atoms with Crippen LogP contribution in [0.1, 0.15) is 37.0 Å². The fourth-order valence-electron chi connectivity index (χ4n) is 3.94. The van der Waals surface area contributed by atoms with Crippen molar-refractivity contribution in [3.05, 3.63) is 29.6 Å². The van der Waals surface area contributed by atoms with Crippen LogP contribution in [0.3, 0.4) is 0 Å². The topological polar surface area (TPSA) is 70.8 Å². The first kappa shape index (κ1) is 22.1. The van der Waals surface area contributed by atoms with Crippen molar-refractivity contribution in [3.63, 3.8) is 0 Å². The monoisotopic (exact) mass is 418 g/mol. The molecule has 0 bridgehead atoms. The molecule has 1 aliphatic rings. The SMILES string of the molecule is COc1cc(-c2onc(N(C)C)c2C(=O)NCC(C(C)C)N2CCCC2)ccc1F. The fourth-order valence-corrected chi connectivity index (χ4v) is 3.94. The summed E-state index contributed by atoms with van der Waals surface area (Å²) in [6, 6.07) is 4.62. The number of amides is 1. The highest BCUT2D eigenvalue weighted by molar-refractivity contribution is 6.04. The van der Waals surface area contributed by atoms with Gasteiger partial charge in [0, 0.05) is 32.2 Å². The van der Waals surface area contributed by atoms with Gasteiger partial charge in [-0.15, -0.1) is 0 Å². The first-order valence-electron chi connectivity index (χ1n) is 10.4. The van der Waals surface area contributed by atoms with Crippen molar-refractivity contribution in [3.8, 4) is 17.1 Å². The molecule has 2 heterocycles. The first-order chi connectivity index (χ1) is 14.3. The average Bonchev–Trinajstić information content (AvgIpc) is 3.38. The molecule has 1 aromatic heterocycles. The van der Waals surface area contributed by atoms with Crippen molar-refractivity contribution in [1.29, 1.82) is 0 Å². The minimum Gasteiger partial charge on any atom is -0.494 e. The van der Waals surface area contributed by atoms with Gasteiger partial charge in [0.1, 0.15) is 5.56 Å². The van der Waals surface area contributed by atoms with E-state index in [-0.39, 0.29) is 23.5 Å². The number of hydrogen-bond donors (Lipinski definition) is 1. The van der Waals surface area contributed by atoms with Gasteiger partial charge in [-0.3, -0.25) is 9.69 Å². The summed E-state index contributed by atoms with van der Waals surface area (Å²) in [5.74, 6) is 0.466. The number of rotatable bonds is 8. The zero-order valence-corrected chi connectivity index (χ0v) is 18.4. The van der Waals surface area contributed by atoms with Crippen molar-refractivity contribution in [1.82, 2.24) is 15.4 Å². The third-order valence-corrected chi connectivity index (χ3v) is 5.59. The zero-order valence-electron chi connectivity index (χ0n) is 18.4. The molecule has 1 aliphatic heterocycles. The third-order valence-electron chi connectivity index (χ3n) is 5.59. The number of likely N-dealkylation sites (tertiary alicyclic amines) is 1. The summed E-state index contributed by atoms with van der Waals surface area (Å²) in [6.07, 6.45) is 2.40. The standard InChI is InChI=1S/C22H31FN4O3/c1-14(2)17(27-10-6-7-11-27)13-24-22(28)19-20(30-25-21(19)26(3)4)15-8-9-16(23)18(12-15)29-5/h8-9,12,14,17H,6-7,10-11,13H2,1-5H3,(H,24,28). The Morgan fingerprint density at radius 2 is 2.03 bits per heavy atom. The summed E-state index contributed by atoms with van der Waals surface area (Å²) in [5, 5.41) is 7.15. The van der Waals surface area contributed by atoms with Crippen molar-refractivity contribution < 1.29 is 18.4 Å². The summed E-state index contributed by atoms with van der Waals surface area (Å²) in [6.45, 7) is 7.03. The number of aromatic nitrogens is 1. The molecule has 0 spiro atoms. The van der Waals surface area contributed by atoms with Crippen LogP contribution in [0.5, 0.6) is 5.75 Å². The van der Waals surface area contributed by atoms with Gasteiger partial charge < -0.3 is 19.5 Å². The van der Waals surface area contributed by atoms with Crippen LogP contribution in [0.2, 0.25) is 0 Å². The van der Waals surface area contributed by atoms with E-state index in [9.17, 15) is 9.18 Å². The second kappa shape index (κ2) is 9.47. The van der Waals surface area contributed by atoms with Gasteiger partial charge >= 0.3 is 0 Å². The van der Waals surface area contributed by atoms with E-state index in [1.807, 2.05) is 0 Å². The largest absolute Gasteiger partial charge is 0.494 e. The highest BCUT2D eigenvalue weighted by atomic mass is 19.1. The molecule has 1 atom stereocenters. The summed E-state index contributed by atoms with van der Waals surface area (Å²) in [5.41, 5.74) is 0.858. The van der Waals surface area contributed by atoms with Crippen molar-refractivity contribution in [2.45, 2.75) is 32.7 Å². The van der Waals surface area contributed by atoms with Crippen LogP contribution in [0.4, 0.5) is 10.2 Å². The number of halogens is 1. The number of anilines is 1. The van der Waals surface area contributed by atoms with Crippen LogP contribution in [-0.2, 0) is 0 Å². The van der Waals surface area contributed by atoms with Crippen LogP contribution in [-0.4, -0.2) is 62.8 Å². The Morgan fingerprint density at radius 3 is 2.63 bits per heavy atom. The molecule has 7 nitrogen and oxygen atoms in total. The lowest BCUT2D eigenvalue weighted by Gasteiger charge is -2.31. The minimum absolute atomic E-state index is 0.0792. The fraction of sp³-hybridized carbons (Fsp3) is 0.545. The van der Waals surface area contributed by atoms with Crippen LogP contribution < -0.4 is 15.0 Å². The molecule has 1 fully saturated rings. The molecule has 1 N–H and O–H groups in total. The van der Waals surface area contributed by atoms with Crippen LogP contribution in [0.15, 0.2) is 22.7 Å². The Bertz CT molecular complexity index is 875. The van der Waals surface area contributed by atoms with E-state index in [0.29, 0.717) is 29.4 Å². The lowest BCUT2D eigenvalue weighted by molar-refractivity contribution is 0.0928. The van der Waals surface area contributed by atoms with E-state index >= 15 is 0 Å². The maximum absolute atomic E-state index is 13.8. The molecule has 2 aromatic rings. The van der Waals surface area contributed by atoms with Crippen molar-refractivity contribution >= 4 is 11.7 Å². The molecule has 0 radical (unpaired) electrons. The summed E-state index contributed by atoms with van der Waals surface area (Å²) in [7, 11) is 4.99. The van der Waals surface area contributed by atoms with Gasteiger partial charge in [-0.2, -0.15) is 0 Å². The molecule has 1 unspecified atom stereocenters. The molecule has 8 heteroatoms. The molecule has 3 rings (SSSR count). The Hall–Kier alpha value is -2.61. The Kier molecular flexibility index (Phi) is 6.97. The zero-order chi connectivity index (χ0) is 21.8. The van der Waals surface area contributed by atoms with E-state index in [1.165, 1.54) is 32.1 Å². The lowest BCUT2D eigenvalue weighted by Crippen LogP contribution is -2.45. The van der Waals surface area contributed by atoms with Crippen molar-refractivity contribution in [2.24, 2.45) is 5.92 Å². The second-order valence-electron chi connectivity index (χ2n) is 8.22. The average molecular weight is 419 g/mol. The maximum Gasteiger partial charge on any atom is 0.259 e. The smallest absolute Gasteiger partial charge is 0.259 e. The van der Waals surface area contributed by atoms with Crippen LogP contribution in [0, 0.1) is 11.7 Å². The van der Waals surface area contributed by atoms with Gasteiger partial charge in [-0.1, -0.05) is 19.0 Å². The normalized spacial score (nSPS) is 15.4. The molecular weight excluding hydrogens is 387 g/mol. The molecule has 1 aromatic carbocycles. The number of ether oxygens (including phenoxy) is 1. The lowest BCUT2D eigenvalue weighted by atomic mass is 10.0. The number of hydrogen-bond acceptors (Lipinski definition) is 6. The Balaban J connectivity index is 1.88. The summed E-state index contributed by atoms with van der Waals surface area (Å²) < 4.78 is 24.4. The second-order valence-corrected chi connectivity index (χ2v) is 8.22. The molecule has 164 valence electrons. The highest BCUT2D eigenvalue weighted by Gasteiger charge is 2.29. The van der Waals surface area contributed by atoms with Crippen LogP contribution in [0.25, 0.3) is 11.3 Å². The van der Waals surface area contributed by atoms with Gasteiger partial charge in [0.2, 0.25) is 0 Å². The van der Waals surface area contributed by atoms with Gasteiger partial charge in [-0.25, -0.2) is 4.39 Å². The molecule has 0 aliphatic carbocycles. The first-order valence-corrected chi connectivity index (χ1v) is 10.4. The Morgan fingerprint density at radius 1 is 1.33 bits per heavy atom. The number of benzene rings is 1. The molecule has 30 heavy (non-hydrogen) atoms. The molecule has 1 amide bonds. The molecule has 1 saturated heterocycles. The van der Waals surface area contributed by atoms with Crippen LogP contribution >= 0.6 is 0 Å². The maximum atomic E-state index is 13.8. The predicted octanol–water partition coefficient (Wildman–Crippen LogP) is 3.41. The Labute approximate surface area is 177 Å². The molecule has 0 saturated carbocycles. The van der Waals surface area contributed by atoms with E-state index in [1.54, 1.807) is 25.1 Å². The number of nitrogens with one attached hydrogen (secondary N) is 1. The van der Waals surface area contributed by atoms with Crippen molar-refractivity contribution in [2.75, 3.05) is 45.7 Å². The number of nitrogens with zero attached hydrogens (tertiary/aromatic N) is 3. The van der Waals surface area contributed by atoms with Gasteiger partial charge in [0.25, 0.3) is 5.91 Å².